The molecule has 0 saturated heterocycles. The van der Waals surface area contributed by atoms with Gasteiger partial charge in [-0.3, -0.25) is 4.40 Å². The molecule has 2 heterocycles. The Morgan fingerprint density at radius 2 is 1.59 bits per heavy atom. The number of fused-ring (bicyclic) bond motifs is 13. The highest BCUT2D eigenvalue weighted by Crippen LogP contribution is 2.50. The minimum Gasteiger partial charge on any atom is -0.291 e. The number of benzene rings is 3. The molecule has 2 aliphatic rings. The lowest BCUT2D eigenvalue weighted by molar-refractivity contribution is 0.398. The maximum atomic E-state index is 5.28. The van der Waals surface area contributed by atoms with Crippen LogP contribution >= 0.6 is 12.6 Å². The molecule has 0 saturated carbocycles. The van der Waals surface area contributed by atoms with Gasteiger partial charge in [-0.1, -0.05) is 115 Å². The van der Waals surface area contributed by atoms with Crippen molar-refractivity contribution >= 4 is 45.5 Å². The van der Waals surface area contributed by atoms with Crippen molar-refractivity contribution in [1.82, 2.24) is 9.38 Å². The lowest BCUT2D eigenvalue weighted by Gasteiger charge is -2.29. The number of allylic oxidation sites excluding steroid dienone is 4. The van der Waals surface area contributed by atoms with Crippen LogP contribution in [-0.2, 0) is 0 Å². The molecule has 1 atom stereocenters. The highest BCUT2D eigenvalue weighted by molar-refractivity contribution is 7.80. The Balaban J connectivity index is 0.000000302. The van der Waals surface area contributed by atoms with Crippen molar-refractivity contribution in [2.24, 2.45) is 5.41 Å². The fourth-order valence-electron chi connectivity index (χ4n) is 5.32. The molecule has 2 aliphatic carbocycles. The molecule has 0 fully saturated rings. The SMILES string of the molecule is CCC.CCC(C)(C)C.Sc1ccc2c(c1)c1ccccc1n1c3c(nc21)C1=CC=CCC1c1ccccc1-3. The third kappa shape index (κ3) is 5.05. The van der Waals surface area contributed by atoms with E-state index in [0.29, 0.717) is 11.3 Å². The molecule has 0 aliphatic heterocycles. The highest BCUT2D eigenvalue weighted by Gasteiger charge is 2.33. The van der Waals surface area contributed by atoms with E-state index in [4.69, 9.17) is 4.98 Å². The molecule has 0 spiro atoms. The molecule has 0 amide bonds. The second-order valence-corrected chi connectivity index (χ2v) is 12.3. The van der Waals surface area contributed by atoms with Gasteiger partial charge in [0.1, 0.15) is 5.65 Å². The first-order valence-corrected chi connectivity index (χ1v) is 14.8. The van der Waals surface area contributed by atoms with Gasteiger partial charge in [0.25, 0.3) is 0 Å². The van der Waals surface area contributed by atoms with Crippen LogP contribution in [0.25, 0.3) is 44.2 Å². The lowest BCUT2D eigenvalue weighted by atomic mass is 9.76. The molecule has 0 radical (unpaired) electrons. The fourth-order valence-corrected chi connectivity index (χ4v) is 5.52. The molecule has 1 unspecified atom stereocenters. The van der Waals surface area contributed by atoms with E-state index < -0.39 is 0 Å². The van der Waals surface area contributed by atoms with Crippen LogP contribution in [0.1, 0.15) is 78.0 Å². The number of rotatable bonds is 0. The number of nitrogens with zero attached hydrogens (tertiary/aromatic N) is 2. The number of imidazole rings is 1. The molecular formula is C36H40N2S. The Kier molecular flexibility index (Phi) is 7.73. The largest absolute Gasteiger partial charge is 0.291 e. The average Bonchev–Trinajstić information content (AvgIpc) is 3.35. The van der Waals surface area contributed by atoms with Gasteiger partial charge >= 0.3 is 0 Å². The van der Waals surface area contributed by atoms with Crippen molar-refractivity contribution in [3.05, 3.63) is 96.2 Å². The molecule has 39 heavy (non-hydrogen) atoms. The van der Waals surface area contributed by atoms with Gasteiger partial charge in [-0.05, 0) is 52.6 Å². The zero-order valence-corrected chi connectivity index (χ0v) is 25.0. The Bertz CT molecular complexity index is 1710. The summed E-state index contributed by atoms with van der Waals surface area (Å²) in [5.41, 5.74) is 9.12. The van der Waals surface area contributed by atoms with Crippen LogP contribution in [0, 0.1) is 5.41 Å². The Morgan fingerprint density at radius 1 is 0.897 bits per heavy atom. The number of para-hydroxylation sites is 1. The summed E-state index contributed by atoms with van der Waals surface area (Å²) in [6.07, 6.45) is 10.3. The minimum atomic E-state index is 0.380. The van der Waals surface area contributed by atoms with Gasteiger partial charge in [0, 0.05) is 27.1 Å². The number of pyridine rings is 1. The van der Waals surface area contributed by atoms with E-state index >= 15 is 0 Å². The van der Waals surface area contributed by atoms with Crippen LogP contribution in [0.5, 0.6) is 0 Å². The quantitative estimate of drug-likeness (QED) is 0.155. The van der Waals surface area contributed by atoms with Gasteiger partial charge in [-0.15, -0.1) is 12.6 Å². The number of thiol groups is 1. The maximum absolute atomic E-state index is 5.28. The third-order valence-corrected chi connectivity index (χ3v) is 7.92. The van der Waals surface area contributed by atoms with E-state index in [1.807, 2.05) is 0 Å². The number of aromatic nitrogens is 2. The first-order chi connectivity index (χ1) is 18.8. The van der Waals surface area contributed by atoms with E-state index in [9.17, 15) is 0 Å². The monoisotopic (exact) mass is 532 g/mol. The van der Waals surface area contributed by atoms with Crippen LogP contribution in [0.2, 0.25) is 0 Å². The zero-order chi connectivity index (χ0) is 27.7. The first kappa shape index (κ1) is 27.3. The molecule has 200 valence electrons. The number of hydrogen-bond donors (Lipinski definition) is 1. The second kappa shape index (κ2) is 11.1. The molecule has 0 N–H and O–H groups in total. The summed E-state index contributed by atoms with van der Waals surface area (Å²) in [4.78, 5) is 6.25. The van der Waals surface area contributed by atoms with E-state index in [1.165, 1.54) is 56.9 Å². The standard InChI is InChI=1S/C27H18N2S.C6H14.C3H8/c30-16-13-14-22-23(15-16)19-9-5-6-12-24(19)29-26-21-11-4-2-8-18(21)17-7-1-3-10-20(17)25(26)28-27(22)29;1-5-6(2,3)4;1-3-2/h1-6,8-15,17,30H,7H2;5H2,1-4H3;3H2,1-2H3. The molecule has 2 nitrogen and oxygen atoms in total. The Hall–Kier alpha value is -3.30. The summed E-state index contributed by atoms with van der Waals surface area (Å²) in [5, 5.41) is 3.60. The fraction of sp³-hybridized carbons (Fsp3) is 0.306. The van der Waals surface area contributed by atoms with E-state index in [2.05, 4.69) is 144 Å². The first-order valence-electron chi connectivity index (χ1n) is 14.3. The van der Waals surface area contributed by atoms with Crippen LogP contribution in [-0.4, -0.2) is 9.38 Å². The molecule has 3 heteroatoms. The van der Waals surface area contributed by atoms with E-state index in [1.54, 1.807) is 0 Å². The lowest BCUT2D eigenvalue weighted by Crippen LogP contribution is -2.12. The van der Waals surface area contributed by atoms with Crippen molar-refractivity contribution in [2.45, 2.75) is 71.6 Å². The Morgan fingerprint density at radius 3 is 2.33 bits per heavy atom. The van der Waals surface area contributed by atoms with Gasteiger partial charge in [-0.2, -0.15) is 0 Å². The van der Waals surface area contributed by atoms with Gasteiger partial charge in [0.05, 0.1) is 16.9 Å². The molecule has 0 bridgehead atoms. The highest BCUT2D eigenvalue weighted by atomic mass is 32.1. The summed E-state index contributed by atoms with van der Waals surface area (Å²) in [7, 11) is 0. The van der Waals surface area contributed by atoms with Crippen molar-refractivity contribution < 1.29 is 0 Å². The summed E-state index contributed by atoms with van der Waals surface area (Å²) in [6.45, 7) is 13.2. The number of hydrogen-bond acceptors (Lipinski definition) is 2. The average molecular weight is 533 g/mol. The normalized spacial score (nSPS) is 15.5. The van der Waals surface area contributed by atoms with Crippen molar-refractivity contribution in [3.63, 3.8) is 0 Å². The van der Waals surface area contributed by atoms with Crippen LogP contribution in [0.4, 0.5) is 0 Å². The Labute approximate surface area is 238 Å². The molecular weight excluding hydrogens is 492 g/mol. The van der Waals surface area contributed by atoms with Crippen LogP contribution in [0.15, 0.2) is 89.9 Å². The smallest absolute Gasteiger partial charge is 0.146 e. The predicted molar refractivity (Wildman–Crippen MR) is 173 cm³/mol. The summed E-state index contributed by atoms with van der Waals surface area (Å²) in [6, 6.07) is 23.9. The summed E-state index contributed by atoms with van der Waals surface area (Å²) < 4.78 is 2.37. The van der Waals surface area contributed by atoms with E-state index in [-0.39, 0.29) is 0 Å². The van der Waals surface area contributed by atoms with Crippen molar-refractivity contribution in [3.8, 4) is 11.3 Å². The molecule has 5 aromatic rings. The van der Waals surface area contributed by atoms with Crippen LogP contribution < -0.4 is 0 Å². The third-order valence-electron chi connectivity index (χ3n) is 7.64. The zero-order valence-electron chi connectivity index (χ0n) is 24.1. The van der Waals surface area contributed by atoms with Crippen molar-refractivity contribution in [2.75, 3.05) is 0 Å². The minimum absolute atomic E-state index is 0.380. The molecule has 3 aromatic carbocycles. The molecule has 7 rings (SSSR count). The van der Waals surface area contributed by atoms with Gasteiger partial charge in [-0.25, -0.2) is 4.98 Å². The van der Waals surface area contributed by atoms with E-state index in [0.717, 1.165) is 22.7 Å². The van der Waals surface area contributed by atoms with Gasteiger partial charge in [0.2, 0.25) is 0 Å². The summed E-state index contributed by atoms with van der Waals surface area (Å²) >= 11 is 4.61. The predicted octanol–water partition coefficient (Wildman–Crippen LogP) is 10.9. The maximum Gasteiger partial charge on any atom is 0.146 e. The van der Waals surface area contributed by atoms with Crippen molar-refractivity contribution in [1.29, 1.82) is 0 Å². The van der Waals surface area contributed by atoms with Crippen LogP contribution in [0.3, 0.4) is 0 Å². The van der Waals surface area contributed by atoms with Gasteiger partial charge < -0.3 is 0 Å². The van der Waals surface area contributed by atoms with Gasteiger partial charge in [0.15, 0.2) is 0 Å². The second-order valence-electron chi connectivity index (χ2n) is 11.8. The summed E-state index contributed by atoms with van der Waals surface area (Å²) in [5.74, 6) is 0.380. The molecule has 2 aromatic heterocycles. The topological polar surface area (TPSA) is 17.3 Å².